The first kappa shape index (κ1) is 14.9. The van der Waals surface area contributed by atoms with Crippen molar-refractivity contribution in [2.45, 2.75) is 25.3 Å². The van der Waals surface area contributed by atoms with Crippen molar-refractivity contribution in [1.29, 1.82) is 5.26 Å². The molecule has 0 aliphatic carbocycles. The van der Waals surface area contributed by atoms with Crippen LogP contribution < -0.4 is 5.32 Å². The van der Waals surface area contributed by atoms with Crippen molar-refractivity contribution in [1.82, 2.24) is 4.90 Å². The minimum Gasteiger partial charge on any atom is -0.467 e. The van der Waals surface area contributed by atoms with E-state index in [4.69, 9.17) is 10.00 Å². The number of carbonyl (C=O) groups is 2. The van der Waals surface area contributed by atoms with Crippen LogP contribution >= 0.6 is 0 Å². The zero-order chi connectivity index (χ0) is 15.2. The molecule has 6 heteroatoms. The molecule has 0 spiro atoms. The molecule has 0 saturated carbocycles. The molecule has 21 heavy (non-hydrogen) atoms. The summed E-state index contributed by atoms with van der Waals surface area (Å²) in [5.74, 6) is -0.385. The van der Waals surface area contributed by atoms with Crippen LogP contribution in [-0.2, 0) is 9.53 Å². The maximum absolute atomic E-state index is 12.3. The molecule has 1 atom stereocenters. The summed E-state index contributed by atoms with van der Waals surface area (Å²) in [6, 6.07) is 7.74. The van der Waals surface area contributed by atoms with Crippen LogP contribution in [0.2, 0.25) is 0 Å². The fourth-order valence-corrected chi connectivity index (χ4v) is 2.38. The van der Waals surface area contributed by atoms with E-state index in [1.54, 1.807) is 24.3 Å². The second kappa shape index (κ2) is 6.75. The van der Waals surface area contributed by atoms with Gasteiger partial charge in [0.1, 0.15) is 6.04 Å². The van der Waals surface area contributed by atoms with E-state index in [-0.39, 0.29) is 12.0 Å². The van der Waals surface area contributed by atoms with E-state index in [2.05, 4.69) is 5.32 Å². The van der Waals surface area contributed by atoms with Crippen LogP contribution in [0.3, 0.4) is 0 Å². The van der Waals surface area contributed by atoms with Crippen LogP contribution in [0.15, 0.2) is 24.3 Å². The molecule has 0 radical (unpaired) electrons. The van der Waals surface area contributed by atoms with Crippen molar-refractivity contribution in [3.8, 4) is 6.07 Å². The van der Waals surface area contributed by atoms with Crippen molar-refractivity contribution in [2.75, 3.05) is 19.0 Å². The number of urea groups is 1. The van der Waals surface area contributed by atoms with Crippen LogP contribution in [-0.4, -0.2) is 36.6 Å². The minimum atomic E-state index is -0.526. The molecular formula is C15H17N3O3. The maximum atomic E-state index is 12.3. The van der Waals surface area contributed by atoms with Gasteiger partial charge in [-0.25, -0.2) is 9.59 Å². The van der Waals surface area contributed by atoms with Gasteiger partial charge in [-0.05, 0) is 43.5 Å². The van der Waals surface area contributed by atoms with Crippen LogP contribution in [0, 0.1) is 11.3 Å². The lowest BCUT2D eigenvalue weighted by atomic mass is 10.0. The molecule has 0 bridgehead atoms. The fraction of sp³-hybridized carbons (Fsp3) is 0.400. The highest BCUT2D eigenvalue weighted by Crippen LogP contribution is 2.19. The third-order valence-electron chi connectivity index (χ3n) is 3.50. The molecule has 1 aromatic rings. The normalized spacial score (nSPS) is 17.7. The van der Waals surface area contributed by atoms with Gasteiger partial charge in [-0.2, -0.15) is 5.26 Å². The van der Waals surface area contributed by atoms with Gasteiger partial charge >= 0.3 is 12.0 Å². The predicted octanol–water partition coefficient (Wildman–Crippen LogP) is 2.12. The number of esters is 1. The van der Waals surface area contributed by atoms with Crippen LogP contribution in [0.4, 0.5) is 10.5 Å². The quantitative estimate of drug-likeness (QED) is 0.845. The SMILES string of the molecule is COC(=O)C1CCCCN1C(=O)Nc1ccc(C#N)cc1. The lowest BCUT2D eigenvalue weighted by Gasteiger charge is -2.33. The molecule has 0 aromatic heterocycles. The molecular weight excluding hydrogens is 270 g/mol. The number of likely N-dealkylation sites (tertiary alicyclic amines) is 1. The van der Waals surface area contributed by atoms with E-state index in [1.807, 2.05) is 6.07 Å². The highest BCUT2D eigenvalue weighted by molar-refractivity contribution is 5.92. The smallest absolute Gasteiger partial charge is 0.328 e. The summed E-state index contributed by atoms with van der Waals surface area (Å²) in [7, 11) is 1.33. The molecule has 1 aliphatic rings. The summed E-state index contributed by atoms with van der Waals surface area (Å²) >= 11 is 0. The predicted molar refractivity (Wildman–Crippen MR) is 76.5 cm³/mol. The van der Waals surface area contributed by atoms with Crippen LogP contribution in [0.5, 0.6) is 0 Å². The number of benzene rings is 1. The zero-order valence-corrected chi connectivity index (χ0v) is 11.8. The number of amides is 2. The van der Waals surface area contributed by atoms with Crippen LogP contribution in [0.1, 0.15) is 24.8 Å². The highest BCUT2D eigenvalue weighted by Gasteiger charge is 2.32. The van der Waals surface area contributed by atoms with Crippen molar-refractivity contribution >= 4 is 17.7 Å². The van der Waals surface area contributed by atoms with Crippen molar-refractivity contribution in [3.63, 3.8) is 0 Å². The molecule has 1 fully saturated rings. The Labute approximate surface area is 123 Å². The minimum absolute atomic E-state index is 0.324. The molecule has 1 heterocycles. The first-order valence-electron chi connectivity index (χ1n) is 6.81. The lowest BCUT2D eigenvalue weighted by Crippen LogP contribution is -2.50. The number of rotatable bonds is 2. The van der Waals surface area contributed by atoms with Gasteiger partial charge < -0.3 is 15.0 Å². The first-order chi connectivity index (χ1) is 10.2. The summed E-state index contributed by atoms with van der Waals surface area (Å²) in [5, 5.41) is 11.5. The van der Waals surface area contributed by atoms with Crippen molar-refractivity contribution < 1.29 is 14.3 Å². The molecule has 1 N–H and O–H groups in total. The third-order valence-corrected chi connectivity index (χ3v) is 3.50. The summed E-state index contributed by atoms with van der Waals surface area (Å²) in [6.07, 6.45) is 2.39. The average molecular weight is 287 g/mol. The second-order valence-corrected chi connectivity index (χ2v) is 4.85. The van der Waals surface area contributed by atoms with Gasteiger partial charge in [0, 0.05) is 12.2 Å². The summed E-state index contributed by atoms with van der Waals surface area (Å²) in [4.78, 5) is 25.5. The Bertz CT molecular complexity index is 563. The zero-order valence-electron chi connectivity index (χ0n) is 11.8. The Hall–Kier alpha value is -2.55. The Kier molecular flexibility index (Phi) is 4.77. The summed E-state index contributed by atoms with van der Waals surface area (Å²) in [6.45, 7) is 0.530. The molecule has 2 amide bonds. The van der Waals surface area contributed by atoms with E-state index in [1.165, 1.54) is 12.0 Å². The van der Waals surface area contributed by atoms with Gasteiger partial charge in [0.2, 0.25) is 0 Å². The number of methoxy groups -OCH3 is 1. The molecule has 1 unspecified atom stereocenters. The summed E-state index contributed by atoms with van der Waals surface area (Å²) < 4.78 is 4.75. The number of anilines is 1. The van der Waals surface area contributed by atoms with Gasteiger partial charge in [-0.15, -0.1) is 0 Å². The fourth-order valence-electron chi connectivity index (χ4n) is 2.38. The number of hydrogen-bond donors (Lipinski definition) is 1. The van der Waals surface area contributed by atoms with Gasteiger partial charge in [0.25, 0.3) is 0 Å². The number of carbonyl (C=O) groups excluding carboxylic acids is 2. The van der Waals surface area contributed by atoms with E-state index >= 15 is 0 Å². The molecule has 110 valence electrons. The Morgan fingerprint density at radius 3 is 2.67 bits per heavy atom. The number of nitrogens with one attached hydrogen (secondary N) is 1. The molecule has 1 aliphatic heterocycles. The Balaban J connectivity index is 2.06. The standard InChI is InChI=1S/C15H17N3O3/c1-21-14(19)13-4-2-3-9-18(13)15(20)17-12-7-5-11(10-16)6-8-12/h5-8,13H,2-4,9H2,1H3,(H,17,20). The second-order valence-electron chi connectivity index (χ2n) is 4.85. The van der Waals surface area contributed by atoms with Gasteiger partial charge in [-0.1, -0.05) is 0 Å². The summed E-state index contributed by atoms with van der Waals surface area (Å²) in [5.41, 5.74) is 1.12. The molecule has 1 aromatic carbocycles. The number of nitrogens with zero attached hydrogens (tertiary/aromatic N) is 2. The molecule has 2 rings (SSSR count). The third kappa shape index (κ3) is 3.51. The number of nitriles is 1. The number of hydrogen-bond acceptors (Lipinski definition) is 4. The lowest BCUT2D eigenvalue weighted by molar-refractivity contribution is -0.146. The Morgan fingerprint density at radius 1 is 1.33 bits per heavy atom. The highest BCUT2D eigenvalue weighted by atomic mass is 16.5. The monoisotopic (exact) mass is 287 g/mol. The number of piperidine rings is 1. The van der Waals surface area contributed by atoms with Crippen molar-refractivity contribution in [3.05, 3.63) is 29.8 Å². The van der Waals surface area contributed by atoms with E-state index in [9.17, 15) is 9.59 Å². The van der Waals surface area contributed by atoms with Crippen molar-refractivity contribution in [2.24, 2.45) is 0 Å². The average Bonchev–Trinajstić information content (AvgIpc) is 2.54. The van der Waals surface area contributed by atoms with E-state index in [0.717, 1.165) is 12.8 Å². The van der Waals surface area contributed by atoms with Crippen LogP contribution in [0.25, 0.3) is 0 Å². The van der Waals surface area contributed by atoms with Gasteiger partial charge in [0.05, 0.1) is 18.7 Å². The molecule has 1 saturated heterocycles. The molecule has 6 nitrogen and oxygen atoms in total. The van der Waals surface area contributed by atoms with Gasteiger partial charge in [-0.3, -0.25) is 0 Å². The van der Waals surface area contributed by atoms with E-state index < -0.39 is 6.04 Å². The number of ether oxygens (including phenoxy) is 1. The first-order valence-corrected chi connectivity index (χ1v) is 6.81. The largest absolute Gasteiger partial charge is 0.467 e. The topological polar surface area (TPSA) is 82.4 Å². The maximum Gasteiger partial charge on any atom is 0.328 e. The van der Waals surface area contributed by atoms with Gasteiger partial charge in [0.15, 0.2) is 0 Å². The van der Waals surface area contributed by atoms with E-state index in [0.29, 0.717) is 24.2 Å². The Morgan fingerprint density at radius 2 is 2.05 bits per heavy atom.